The van der Waals surface area contributed by atoms with Gasteiger partial charge in [-0.3, -0.25) is 4.31 Å². The first kappa shape index (κ1) is 17.1. The number of aromatic carboxylic acids is 1. The van der Waals surface area contributed by atoms with E-state index in [2.05, 4.69) is 15.9 Å². The summed E-state index contributed by atoms with van der Waals surface area (Å²) in [4.78, 5) is 11.2. The predicted molar refractivity (Wildman–Crippen MR) is 80.6 cm³/mol. The molecule has 0 amide bonds. The van der Waals surface area contributed by atoms with Crippen LogP contribution in [0.25, 0.3) is 0 Å². The zero-order valence-electron chi connectivity index (χ0n) is 10.8. The third-order valence-electron chi connectivity index (χ3n) is 2.56. The first-order chi connectivity index (χ1) is 9.24. The summed E-state index contributed by atoms with van der Waals surface area (Å²) in [6.07, 6.45) is 0. The summed E-state index contributed by atoms with van der Waals surface area (Å²) in [5.41, 5.74) is -0.00538. The maximum Gasteiger partial charge on any atom is 0.339 e. The molecule has 0 radical (unpaired) electrons. The van der Waals surface area contributed by atoms with Crippen LogP contribution >= 0.6 is 27.5 Å². The molecule has 1 aromatic carbocycles. The number of carbonyl (C=O) groups is 1. The molecule has 0 spiro atoms. The van der Waals surface area contributed by atoms with Crippen LogP contribution in [-0.4, -0.2) is 45.3 Å². The second kappa shape index (κ2) is 6.64. The van der Waals surface area contributed by atoms with Crippen molar-refractivity contribution in [1.29, 1.82) is 0 Å². The number of carboxylic acids is 1. The highest BCUT2D eigenvalue weighted by Gasteiger charge is 2.25. The fourth-order valence-corrected chi connectivity index (χ4v) is 3.51. The van der Waals surface area contributed by atoms with Crippen LogP contribution < -0.4 is 9.04 Å². The zero-order valence-corrected chi connectivity index (χ0v) is 13.9. The molecule has 0 saturated heterocycles. The van der Waals surface area contributed by atoms with Gasteiger partial charge in [0.2, 0.25) is 10.0 Å². The van der Waals surface area contributed by atoms with Crippen molar-refractivity contribution in [1.82, 2.24) is 0 Å². The van der Waals surface area contributed by atoms with E-state index in [4.69, 9.17) is 21.4 Å². The molecule has 1 aromatic rings. The molecule has 0 aromatic heterocycles. The van der Waals surface area contributed by atoms with Gasteiger partial charge >= 0.3 is 5.97 Å². The highest BCUT2D eigenvalue weighted by molar-refractivity contribution is 9.10. The molecule has 20 heavy (non-hydrogen) atoms. The van der Waals surface area contributed by atoms with Crippen molar-refractivity contribution in [3.05, 3.63) is 22.2 Å². The lowest BCUT2D eigenvalue weighted by molar-refractivity contribution is 0.0693. The van der Waals surface area contributed by atoms with Gasteiger partial charge in [0.25, 0.3) is 0 Å². The fraction of sp³-hybridized carbons (Fsp3) is 0.364. The Morgan fingerprint density at radius 2 is 2.10 bits per heavy atom. The van der Waals surface area contributed by atoms with Crippen molar-refractivity contribution < 1.29 is 23.1 Å². The molecule has 1 rings (SSSR count). The van der Waals surface area contributed by atoms with Crippen LogP contribution in [-0.2, 0) is 10.0 Å². The standard InChI is InChI=1S/C11H13BrClNO5S/c1-14(20(17,18)4-3-13)9-6-7(12)5-8(11(15)16)10(9)19-2/h5-6H,3-4H2,1-2H3,(H,15,16). The van der Waals surface area contributed by atoms with E-state index >= 15 is 0 Å². The second-order valence-corrected chi connectivity index (χ2v) is 7.20. The molecule has 0 saturated carbocycles. The molecule has 1 N–H and O–H groups in total. The quantitative estimate of drug-likeness (QED) is 0.757. The molecule has 0 bridgehead atoms. The number of halogens is 2. The Labute approximate surface area is 130 Å². The number of nitrogens with zero attached hydrogens (tertiary/aromatic N) is 1. The Morgan fingerprint density at radius 1 is 1.50 bits per heavy atom. The van der Waals surface area contributed by atoms with Crippen molar-refractivity contribution >= 4 is 49.2 Å². The molecule has 0 fully saturated rings. The number of sulfonamides is 1. The first-order valence-corrected chi connectivity index (χ1v) is 8.31. The largest absolute Gasteiger partial charge is 0.494 e. The number of methoxy groups -OCH3 is 1. The van der Waals surface area contributed by atoms with Crippen molar-refractivity contribution in [2.75, 3.05) is 30.1 Å². The van der Waals surface area contributed by atoms with Crippen LogP contribution in [0.1, 0.15) is 10.4 Å². The van der Waals surface area contributed by atoms with Gasteiger partial charge in [0, 0.05) is 17.4 Å². The number of rotatable bonds is 6. The van der Waals surface area contributed by atoms with Crippen molar-refractivity contribution in [3.8, 4) is 5.75 Å². The van der Waals surface area contributed by atoms with Gasteiger partial charge in [-0.2, -0.15) is 0 Å². The summed E-state index contributed by atoms with van der Waals surface area (Å²) < 4.78 is 30.5. The van der Waals surface area contributed by atoms with Gasteiger partial charge in [0.15, 0.2) is 5.75 Å². The van der Waals surface area contributed by atoms with E-state index in [-0.39, 0.29) is 28.6 Å². The van der Waals surface area contributed by atoms with Gasteiger partial charge in [-0.15, -0.1) is 11.6 Å². The normalized spacial score (nSPS) is 11.2. The summed E-state index contributed by atoms with van der Waals surface area (Å²) in [6.45, 7) is 0. The van der Waals surface area contributed by atoms with Gasteiger partial charge < -0.3 is 9.84 Å². The molecular formula is C11H13BrClNO5S. The smallest absolute Gasteiger partial charge is 0.339 e. The fourth-order valence-electron chi connectivity index (χ4n) is 1.57. The molecule has 0 aliphatic rings. The summed E-state index contributed by atoms with van der Waals surface area (Å²) in [6, 6.07) is 2.81. The number of ether oxygens (including phenoxy) is 1. The first-order valence-electron chi connectivity index (χ1n) is 5.38. The minimum Gasteiger partial charge on any atom is -0.494 e. The van der Waals surface area contributed by atoms with E-state index < -0.39 is 16.0 Å². The highest BCUT2D eigenvalue weighted by atomic mass is 79.9. The molecule has 0 atom stereocenters. The molecular weight excluding hydrogens is 374 g/mol. The van der Waals surface area contributed by atoms with Crippen LogP contribution in [0.4, 0.5) is 5.69 Å². The van der Waals surface area contributed by atoms with Gasteiger partial charge in [0.1, 0.15) is 5.56 Å². The van der Waals surface area contributed by atoms with Crippen LogP contribution in [0.3, 0.4) is 0 Å². The molecule has 0 unspecified atom stereocenters. The minimum atomic E-state index is -3.65. The average Bonchev–Trinajstić information content (AvgIpc) is 2.36. The van der Waals surface area contributed by atoms with Crippen molar-refractivity contribution in [2.24, 2.45) is 0 Å². The van der Waals surface area contributed by atoms with E-state index in [1.807, 2.05) is 0 Å². The SMILES string of the molecule is COc1c(C(=O)O)cc(Br)cc1N(C)S(=O)(=O)CCCl. The summed E-state index contributed by atoms with van der Waals surface area (Å²) in [5, 5.41) is 9.14. The summed E-state index contributed by atoms with van der Waals surface area (Å²) in [5.74, 6) is -1.56. The van der Waals surface area contributed by atoms with E-state index in [9.17, 15) is 13.2 Å². The minimum absolute atomic E-state index is 0.0265. The predicted octanol–water partition coefficient (Wildman–Crippen LogP) is 2.16. The van der Waals surface area contributed by atoms with Gasteiger partial charge in [-0.25, -0.2) is 13.2 Å². The Hall–Kier alpha value is -0.990. The van der Waals surface area contributed by atoms with Crippen LogP contribution in [0, 0.1) is 0 Å². The Bertz CT molecular complexity index is 619. The van der Waals surface area contributed by atoms with Gasteiger partial charge in [-0.05, 0) is 12.1 Å². The van der Waals surface area contributed by atoms with E-state index in [0.717, 1.165) is 4.31 Å². The van der Waals surface area contributed by atoms with E-state index in [1.54, 1.807) is 0 Å². The van der Waals surface area contributed by atoms with E-state index in [0.29, 0.717) is 4.47 Å². The lowest BCUT2D eigenvalue weighted by Crippen LogP contribution is -2.30. The van der Waals surface area contributed by atoms with Crippen molar-refractivity contribution in [3.63, 3.8) is 0 Å². The Morgan fingerprint density at radius 3 is 2.55 bits per heavy atom. The third kappa shape index (κ3) is 3.56. The maximum absolute atomic E-state index is 12.0. The molecule has 0 heterocycles. The number of anilines is 1. The van der Waals surface area contributed by atoms with Crippen LogP contribution in [0.5, 0.6) is 5.75 Å². The molecule has 9 heteroatoms. The molecule has 0 aliphatic heterocycles. The third-order valence-corrected chi connectivity index (χ3v) is 5.18. The average molecular weight is 387 g/mol. The van der Waals surface area contributed by atoms with Gasteiger partial charge in [-0.1, -0.05) is 15.9 Å². The monoisotopic (exact) mass is 385 g/mol. The Balaban J connectivity index is 3.48. The second-order valence-electron chi connectivity index (χ2n) is 3.78. The zero-order chi connectivity index (χ0) is 15.5. The van der Waals surface area contributed by atoms with E-state index in [1.165, 1.54) is 26.3 Å². The van der Waals surface area contributed by atoms with Crippen molar-refractivity contribution in [2.45, 2.75) is 0 Å². The van der Waals surface area contributed by atoms with Gasteiger partial charge in [0.05, 0.1) is 18.6 Å². The number of alkyl halides is 1. The van der Waals surface area contributed by atoms with Crippen LogP contribution in [0.2, 0.25) is 0 Å². The lowest BCUT2D eigenvalue weighted by Gasteiger charge is -2.22. The number of benzene rings is 1. The number of carboxylic acid groups (broad SMARTS) is 1. The lowest BCUT2D eigenvalue weighted by atomic mass is 10.1. The highest BCUT2D eigenvalue weighted by Crippen LogP contribution is 2.36. The maximum atomic E-state index is 12.0. The molecule has 6 nitrogen and oxygen atoms in total. The number of hydrogen-bond acceptors (Lipinski definition) is 4. The van der Waals surface area contributed by atoms with Crippen LogP contribution in [0.15, 0.2) is 16.6 Å². The Kier molecular flexibility index (Phi) is 5.67. The topological polar surface area (TPSA) is 83.9 Å². The molecule has 112 valence electrons. The number of hydrogen-bond donors (Lipinski definition) is 1. The summed E-state index contributed by atoms with van der Waals surface area (Å²) >= 11 is 8.62. The summed E-state index contributed by atoms with van der Waals surface area (Å²) in [7, 11) is -1.05. The molecule has 0 aliphatic carbocycles.